The summed E-state index contributed by atoms with van der Waals surface area (Å²) in [6, 6.07) is 0. The summed E-state index contributed by atoms with van der Waals surface area (Å²) in [6.45, 7) is 1.26. The first-order valence-electron chi connectivity index (χ1n) is 4.72. The van der Waals surface area contributed by atoms with Crippen molar-refractivity contribution in [2.24, 2.45) is 0 Å². The van der Waals surface area contributed by atoms with E-state index >= 15 is 0 Å². The van der Waals surface area contributed by atoms with E-state index < -0.39 is 12.7 Å². The van der Waals surface area contributed by atoms with Gasteiger partial charge < -0.3 is 5.32 Å². The van der Waals surface area contributed by atoms with Gasteiger partial charge in [-0.1, -0.05) is 6.92 Å². The molecule has 1 heterocycles. The predicted octanol–water partition coefficient (Wildman–Crippen LogP) is 2.75. The van der Waals surface area contributed by atoms with Crippen LogP contribution < -0.4 is 5.32 Å². The summed E-state index contributed by atoms with van der Waals surface area (Å²) in [5, 5.41) is 5.10. The molecule has 1 rings (SSSR count). The van der Waals surface area contributed by atoms with E-state index in [1.807, 2.05) is 6.92 Å². The summed E-state index contributed by atoms with van der Waals surface area (Å²) in [5.74, 6) is 0. The van der Waals surface area contributed by atoms with Gasteiger partial charge in [-0.25, -0.2) is 4.98 Å². The number of halogens is 3. The fourth-order valence-electron chi connectivity index (χ4n) is 1.09. The van der Waals surface area contributed by atoms with Gasteiger partial charge in [0.1, 0.15) is 0 Å². The molecule has 1 N–H and O–H groups in total. The number of hydrogen-bond acceptors (Lipinski definition) is 3. The highest BCUT2D eigenvalue weighted by atomic mass is 32.1. The standard InChI is InChI=1S/C9H13F3N2S/c1-2-3-8-14-7(5-15-8)4-13-6-9(10,11)12/h5,13H,2-4,6H2,1H3. The molecule has 0 aliphatic heterocycles. The van der Waals surface area contributed by atoms with Crippen molar-refractivity contribution < 1.29 is 13.2 Å². The summed E-state index contributed by atoms with van der Waals surface area (Å²) in [4.78, 5) is 4.21. The molecular weight excluding hydrogens is 225 g/mol. The molecule has 0 radical (unpaired) electrons. The molecule has 0 aliphatic rings. The van der Waals surface area contributed by atoms with E-state index in [4.69, 9.17) is 0 Å². The van der Waals surface area contributed by atoms with Crippen molar-refractivity contribution in [1.29, 1.82) is 0 Å². The third-order valence-electron chi connectivity index (χ3n) is 1.69. The van der Waals surface area contributed by atoms with Crippen molar-refractivity contribution in [2.45, 2.75) is 32.5 Å². The topological polar surface area (TPSA) is 24.9 Å². The maximum absolute atomic E-state index is 11.8. The van der Waals surface area contributed by atoms with E-state index in [-0.39, 0.29) is 6.54 Å². The highest BCUT2D eigenvalue weighted by Gasteiger charge is 2.26. The Labute approximate surface area is 90.5 Å². The van der Waals surface area contributed by atoms with Crippen LogP contribution in [0.2, 0.25) is 0 Å². The molecule has 2 nitrogen and oxygen atoms in total. The largest absolute Gasteiger partial charge is 0.401 e. The zero-order valence-electron chi connectivity index (χ0n) is 8.40. The average Bonchev–Trinajstić information content (AvgIpc) is 2.51. The lowest BCUT2D eigenvalue weighted by Crippen LogP contribution is -2.28. The molecule has 0 fully saturated rings. The number of hydrogen-bond donors (Lipinski definition) is 1. The molecule has 0 amide bonds. The van der Waals surface area contributed by atoms with E-state index in [1.54, 1.807) is 5.38 Å². The summed E-state index contributed by atoms with van der Waals surface area (Å²) in [7, 11) is 0. The van der Waals surface area contributed by atoms with Crippen LogP contribution >= 0.6 is 11.3 Å². The number of aromatic nitrogens is 1. The third kappa shape index (κ3) is 5.13. The number of rotatable bonds is 5. The van der Waals surface area contributed by atoms with Crippen LogP contribution in [0, 0.1) is 0 Å². The fourth-order valence-corrected chi connectivity index (χ4v) is 1.99. The van der Waals surface area contributed by atoms with Gasteiger partial charge in [0, 0.05) is 11.9 Å². The molecular formula is C9H13F3N2S. The molecule has 15 heavy (non-hydrogen) atoms. The first-order valence-corrected chi connectivity index (χ1v) is 5.60. The molecule has 6 heteroatoms. The Morgan fingerprint density at radius 2 is 2.20 bits per heavy atom. The molecule has 0 aliphatic carbocycles. The number of alkyl halides is 3. The van der Waals surface area contributed by atoms with Crippen molar-refractivity contribution in [1.82, 2.24) is 10.3 Å². The van der Waals surface area contributed by atoms with Crippen molar-refractivity contribution in [3.63, 3.8) is 0 Å². The van der Waals surface area contributed by atoms with Crippen LogP contribution in [0.4, 0.5) is 13.2 Å². The quantitative estimate of drug-likeness (QED) is 0.853. The monoisotopic (exact) mass is 238 g/mol. The first kappa shape index (κ1) is 12.4. The van der Waals surface area contributed by atoms with Gasteiger partial charge in [0.15, 0.2) is 0 Å². The zero-order valence-corrected chi connectivity index (χ0v) is 9.21. The lowest BCUT2D eigenvalue weighted by Gasteiger charge is -2.06. The normalized spacial score (nSPS) is 12.0. The van der Waals surface area contributed by atoms with Crippen LogP contribution in [0.1, 0.15) is 24.0 Å². The second-order valence-electron chi connectivity index (χ2n) is 3.20. The summed E-state index contributed by atoms with van der Waals surface area (Å²) >= 11 is 1.50. The second kappa shape index (κ2) is 5.46. The highest BCUT2D eigenvalue weighted by molar-refractivity contribution is 7.09. The lowest BCUT2D eigenvalue weighted by atomic mass is 10.3. The van der Waals surface area contributed by atoms with Gasteiger partial charge in [-0.05, 0) is 12.8 Å². The van der Waals surface area contributed by atoms with E-state index in [0.29, 0.717) is 5.69 Å². The van der Waals surface area contributed by atoms with Crippen LogP contribution in [0.5, 0.6) is 0 Å². The Morgan fingerprint density at radius 3 is 2.80 bits per heavy atom. The maximum Gasteiger partial charge on any atom is 0.401 e. The Bertz CT molecular complexity index is 296. The Morgan fingerprint density at radius 1 is 1.47 bits per heavy atom. The first-order chi connectivity index (χ1) is 7.01. The van der Waals surface area contributed by atoms with Gasteiger partial charge in [0.05, 0.1) is 17.2 Å². The van der Waals surface area contributed by atoms with Crippen LogP contribution in [0.15, 0.2) is 5.38 Å². The summed E-state index contributed by atoms with van der Waals surface area (Å²) in [5.41, 5.74) is 0.688. The maximum atomic E-state index is 11.8. The molecule has 0 bridgehead atoms. The highest BCUT2D eigenvalue weighted by Crippen LogP contribution is 2.14. The van der Waals surface area contributed by atoms with E-state index in [9.17, 15) is 13.2 Å². The molecule has 0 unspecified atom stereocenters. The molecule has 1 aromatic heterocycles. The average molecular weight is 238 g/mol. The minimum Gasteiger partial charge on any atom is -0.303 e. The predicted molar refractivity (Wildman–Crippen MR) is 53.9 cm³/mol. The Hall–Kier alpha value is -0.620. The van der Waals surface area contributed by atoms with Crippen molar-refractivity contribution >= 4 is 11.3 Å². The third-order valence-corrected chi connectivity index (χ3v) is 2.65. The SMILES string of the molecule is CCCc1nc(CNCC(F)(F)F)cs1. The minimum atomic E-state index is -4.15. The molecule has 1 aromatic rings. The Balaban J connectivity index is 2.31. The lowest BCUT2D eigenvalue weighted by molar-refractivity contribution is -0.125. The van der Waals surface area contributed by atoms with Crippen molar-refractivity contribution in [2.75, 3.05) is 6.54 Å². The van der Waals surface area contributed by atoms with Gasteiger partial charge in [-0.2, -0.15) is 13.2 Å². The molecule has 0 saturated carbocycles. The molecule has 86 valence electrons. The van der Waals surface area contributed by atoms with Gasteiger partial charge in [-0.3, -0.25) is 0 Å². The van der Waals surface area contributed by atoms with E-state index in [2.05, 4.69) is 10.3 Å². The van der Waals surface area contributed by atoms with E-state index in [0.717, 1.165) is 17.8 Å². The number of thiazole rings is 1. The Kier molecular flexibility index (Phi) is 4.53. The second-order valence-corrected chi connectivity index (χ2v) is 4.14. The minimum absolute atomic E-state index is 0.180. The van der Waals surface area contributed by atoms with Gasteiger partial charge in [-0.15, -0.1) is 11.3 Å². The van der Waals surface area contributed by atoms with Gasteiger partial charge in [0.2, 0.25) is 0 Å². The molecule has 0 aromatic carbocycles. The van der Waals surface area contributed by atoms with Crippen LogP contribution in [0.25, 0.3) is 0 Å². The van der Waals surface area contributed by atoms with Crippen molar-refractivity contribution in [3.8, 4) is 0 Å². The zero-order chi connectivity index (χ0) is 11.3. The fraction of sp³-hybridized carbons (Fsp3) is 0.667. The number of aryl methyl sites for hydroxylation is 1. The van der Waals surface area contributed by atoms with Gasteiger partial charge >= 0.3 is 6.18 Å². The smallest absolute Gasteiger partial charge is 0.303 e. The molecule has 0 saturated heterocycles. The molecule has 0 atom stereocenters. The summed E-state index contributed by atoms with van der Waals surface area (Å²) in [6.07, 6.45) is -2.25. The number of nitrogens with zero attached hydrogens (tertiary/aromatic N) is 1. The summed E-state index contributed by atoms with van der Waals surface area (Å²) < 4.78 is 35.4. The number of nitrogens with one attached hydrogen (secondary N) is 1. The van der Waals surface area contributed by atoms with Crippen LogP contribution in [-0.4, -0.2) is 17.7 Å². The van der Waals surface area contributed by atoms with Crippen molar-refractivity contribution in [3.05, 3.63) is 16.1 Å². The van der Waals surface area contributed by atoms with E-state index in [1.165, 1.54) is 11.3 Å². The van der Waals surface area contributed by atoms with Crippen LogP contribution in [-0.2, 0) is 13.0 Å². The van der Waals surface area contributed by atoms with Crippen LogP contribution in [0.3, 0.4) is 0 Å². The van der Waals surface area contributed by atoms with Gasteiger partial charge in [0.25, 0.3) is 0 Å². The molecule has 0 spiro atoms.